The Kier molecular flexibility index (Phi) is 6.61. The highest BCUT2D eigenvalue weighted by molar-refractivity contribution is 5.06. The molecule has 1 nitrogen and oxygen atoms in total. The van der Waals surface area contributed by atoms with Crippen LogP contribution in [0.15, 0.2) is 24.3 Å². The SMILES string of the molecule is CC(C)/C=C\C=C/C(C)NC(C)C. The summed E-state index contributed by atoms with van der Waals surface area (Å²) in [5.41, 5.74) is 0. The average Bonchev–Trinajstić information content (AvgIpc) is 1.96. The third kappa shape index (κ3) is 9.35. The Hall–Kier alpha value is -0.560. The van der Waals surface area contributed by atoms with Gasteiger partial charge in [-0.3, -0.25) is 0 Å². The lowest BCUT2D eigenvalue weighted by Gasteiger charge is -2.11. The van der Waals surface area contributed by atoms with E-state index in [1.165, 1.54) is 0 Å². The fourth-order valence-electron chi connectivity index (χ4n) is 1.10. The van der Waals surface area contributed by atoms with Crippen molar-refractivity contribution in [2.24, 2.45) is 5.92 Å². The molecule has 0 aromatic rings. The Balaban J connectivity index is 3.71. The highest BCUT2D eigenvalue weighted by atomic mass is 14.9. The van der Waals surface area contributed by atoms with Crippen molar-refractivity contribution in [1.29, 1.82) is 0 Å². The van der Waals surface area contributed by atoms with Crippen LogP contribution in [0, 0.1) is 5.92 Å². The lowest BCUT2D eigenvalue weighted by molar-refractivity contribution is 0.549. The fourth-order valence-corrected chi connectivity index (χ4v) is 1.10. The van der Waals surface area contributed by atoms with Crippen LogP contribution in [-0.4, -0.2) is 12.1 Å². The minimum Gasteiger partial charge on any atom is -0.309 e. The molecular weight excluding hydrogens is 158 g/mol. The summed E-state index contributed by atoms with van der Waals surface area (Å²) in [5.74, 6) is 0.637. The summed E-state index contributed by atoms with van der Waals surface area (Å²) in [7, 11) is 0. The summed E-state index contributed by atoms with van der Waals surface area (Å²) >= 11 is 0. The molecule has 1 heteroatoms. The van der Waals surface area contributed by atoms with Gasteiger partial charge in [0.2, 0.25) is 0 Å². The Morgan fingerprint density at radius 2 is 1.38 bits per heavy atom. The summed E-state index contributed by atoms with van der Waals surface area (Å²) in [6.07, 6.45) is 8.60. The molecule has 0 aliphatic heterocycles. The minimum atomic E-state index is 0.455. The lowest BCUT2D eigenvalue weighted by Crippen LogP contribution is -2.30. The van der Waals surface area contributed by atoms with Crippen LogP contribution in [0.3, 0.4) is 0 Å². The molecule has 0 aliphatic rings. The first-order valence-electron chi connectivity index (χ1n) is 5.13. The fraction of sp³-hybridized carbons (Fsp3) is 0.667. The van der Waals surface area contributed by atoms with E-state index < -0.39 is 0 Å². The normalized spacial score (nSPS) is 15.3. The van der Waals surface area contributed by atoms with E-state index in [1.807, 2.05) is 0 Å². The van der Waals surface area contributed by atoms with Crippen molar-refractivity contribution in [3.05, 3.63) is 24.3 Å². The molecule has 13 heavy (non-hydrogen) atoms. The van der Waals surface area contributed by atoms with Gasteiger partial charge in [0.15, 0.2) is 0 Å². The molecule has 1 atom stereocenters. The largest absolute Gasteiger partial charge is 0.309 e. The molecule has 0 aliphatic carbocycles. The number of rotatable bonds is 5. The number of nitrogens with one attached hydrogen (secondary N) is 1. The Labute approximate surface area is 82.9 Å². The molecule has 0 rings (SSSR count). The zero-order valence-electron chi connectivity index (χ0n) is 9.54. The molecule has 0 amide bonds. The zero-order chi connectivity index (χ0) is 10.3. The summed E-state index contributed by atoms with van der Waals surface area (Å²) in [4.78, 5) is 0. The van der Waals surface area contributed by atoms with Crippen molar-refractivity contribution in [2.45, 2.75) is 46.7 Å². The van der Waals surface area contributed by atoms with Crippen LogP contribution < -0.4 is 5.32 Å². The van der Waals surface area contributed by atoms with Crippen molar-refractivity contribution >= 4 is 0 Å². The molecular formula is C12H23N. The Bertz CT molecular complexity index is 166. The molecule has 0 heterocycles. The van der Waals surface area contributed by atoms with Crippen LogP contribution in [0.4, 0.5) is 0 Å². The molecule has 0 fully saturated rings. The Morgan fingerprint density at radius 3 is 1.85 bits per heavy atom. The maximum absolute atomic E-state index is 3.41. The monoisotopic (exact) mass is 181 g/mol. The van der Waals surface area contributed by atoms with E-state index in [-0.39, 0.29) is 0 Å². The van der Waals surface area contributed by atoms with Crippen molar-refractivity contribution in [3.63, 3.8) is 0 Å². The maximum atomic E-state index is 3.41. The van der Waals surface area contributed by atoms with Crippen LogP contribution in [-0.2, 0) is 0 Å². The second kappa shape index (κ2) is 6.90. The van der Waals surface area contributed by atoms with E-state index >= 15 is 0 Å². The number of hydrogen-bond acceptors (Lipinski definition) is 1. The van der Waals surface area contributed by atoms with Crippen LogP contribution in [0.1, 0.15) is 34.6 Å². The van der Waals surface area contributed by atoms with Crippen molar-refractivity contribution in [1.82, 2.24) is 5.32 Å². The van der Waals surface area contributed by atoms with E-state index in [9.17, 15) is 0 Å². The first kappa shape index (κ1) is 12.4. The second-order valence-corrected chi connectivity index (χ2v) is 4.12. The van der Waals surface area contributed by atoms with Gasteiger partial charge in [-0.05, 0) is 12.8 Å². The first-order chi connectivity index (χ1) is 6.02. The van der Waals surface area contributed by atoms with Crippen LogP contribution in [0.5, 0.6) is 0 Å². The molecule has 0 aromatic carbocycles. The standard InChI is InChI=1S/C12H23N/c1-10(2)8-6-7-9-12(5)13-11(3)4/h6-13H,1-5H3/b8-6-,9-7-. The van der Waals surface area contributed by atoms with Crippen molar-refractivity contribution in [3.8, 4) is 0 Å². The van der Waals surface area contributed by atoms with Gasteiger partial charge in [0.1, 0.15) is 0 Å². The highest BCUT2D eigenvalue weighted by Crippen LogP contribution is 1.94. The summed E-state index contributed by atoms with van der Waals surface area (Å²) in [5, 5.41) is 3.41. The summed E-state index contributed by atoms with van der Waals surface area (Å²) < 4.78 is 0. The highest BCUT2D eigenvalue weighted by Gasteiger charge is 1.96. The number of allylic oxidation sites excluding steroid dienone is 3. The number of hydrogen-bond donors (Lipinski definition) is 1. The maximum Gasteiger partial charge on any atom is 0.0227 e. The molecule has 1 unspecified atom stereocenters. The van der Waals surface area contributed by atoms with Gasteiger partial charge in [-0.1, -0.05) is 52.0 Å². The minimum absolute atomic E-state index is 0.455. The van der Waals surface area contributed by atoms with E-state index in [4.69, 9.17) is 0 Å². The molecule has 0 radical (unpaired) electrons. The molecule has 0 saturated heterocycles. The van der Waals surface area contributed by atoms with Crippen molar-refractivity contribution in [2.75, 3.05) is 0 Å². The third-order valence-electron chi connectivity index (χ3n) is 1.60. The van der Waals surface area contributed by atoms with Gasteiger partial charge in [-0.25, -0.2) is 0 Å². The third-order valence-corrected chi connectivity index (χ3v) is 1.60. The predicted octanol–water partition coefficient (Wildman–Crippen LogP) is 3.14. The van der Waals surface area contributed by atoms with Gasteiger partial charge in [0, 0.05) is 12.1 Å². The molecule has 76 valence electrons. The van der Waals surface area contributed by atoms with E-state index in [2.05, 4.69) is 64.2 Å². The Morgan fingerprint density at radius 1 is 0.846 bits per heavy atom. The summed E-state index contributed by atoms with van der Waals surface area (Å²) in [6.45, 7) is 10.8. The van der Waals surface area contributed by atoms with Crippen LogP contribution in [0.25, 0.3) is 0 Å². The molecule has 0 spiro atoms. The van der Waals surface area contributed by atoms with Gasteiger partial charge < -0.3 is 5.32 Å². The van der Waals surface area contributed by atoms with Gasteiger partial charge in [0.25, 0.3) is 0 Å². The van der Waals surface area contributed by atoms with Gasteiger partial charge in [-0.15, -0.1) is 0 Å². The first-order valence-corrected chi connectivity index (χ1v) is 5.13. The second-order valence-electron chi connectivity index (χ2n) is 4.12. The summed E-state index contributed by atoms with van der Waals surface area (Å²) in [6, 6.07) is 1.01. The molecule has 0 aromatic heterocycles. The van der Waals surface area contributed by atoms with Crippen molar-refractivity contribution < 1.29 is 0 Å². The van der Waals surface area contributed by atoms with E-state index in [1.54, 1.807) is 0 Å². The molecule has 1 N–H and O–H groups in total. The molecule has 0 bridgehead atoms. The topological polar surface area (TPSA) is 12.0 Å². The zero-order valence-corrected chi connectivity index (χ0v) is 9.54. The van der Waals surface area contributed by atoms with Gasteiger partial charge >= 0.3 is 0 Å². The lowest BCUT2D eigenvalue weighted by atomic mass is 10.2. The molecule has 0 saturated carbocycles. The quantitative estimate of drug-likeness (QED) is 0.642. The van der Waals surface area contributed by atoms with Gasteiger partial charge in [0.05, 0.1) is 0 Å². The average molecular weight is 181 g/mol. The van der Waals surface area contributed by atoms with E-state index in [0.29, 0.717) is 18.0 Å². The van der Waals surface area contributed by atoms with Crippen LogP contribution >= 0.6 is 0 Å². The smallest absolute Gasteiger partial charge is 0.0227 e. The van der Waals surface area contributed by atoms with Gasteiger partial charge in [-0.2, -0.15) is 0 Å². The van der Waals surface area contributed by atoms with Crippen LogP contribution in [0.2, 0.25) is 0 Å². The van der Waals surface area contributed by atoms with E-state index in [0.717, 1.165) is 0 Å². The predicted molar refractivity (Wildman–Crippen MR) is 60.9 cm³/mol.